The third-order valence-corrected chi connectivity index (χ3v) is 3.95. The standard InChI is InChI=1S/C19H17N3O3/c23-19-18(21-13-14-4-2-1-3-5-14)20-8-9-22(19)15-6-7-16-17(12-15)25-11-10-24-16/h1-9,12H,10-11,13H2,(H,20,21). The van der Waals surface area contributed by atoms with Crippen molar-refractivity contribution in [3.05, 3.63) is 76.8 Å². The maximum Gasteiger partial charge on any atom is 0.297 e. The molecule has 1 aliphatic heterocycles. The van der Waals surface area contributed by atoms with Crippen LogP contribution >= 0.6 is 0 Å². The van der Waals surface area contributed by atoms with Crippen molar-refractivity contribution in [2.24, 2.45) is 0 Å². The lowest BCUT2D eigenvalue weighted by Crippen LogP contribution is -2.23. The predicted octanol–water partition coefficient (Wildman–Crippen LogP) is 2.62. The van der Waals surface area contributed by atoms with E-state index in [9.17, 15) is 4.79 Å². The third kappa shape index (κ3) is 3.19. The zero-order valence-corrected chi connectivity index (χ0v) is 13.5. The first-order valence-corrected chi connectivity index (χ1v) is 8.07. The van der Waals surface area contributed by atoms with Crippen LogP contribution in [0.25, 0.3) is 5.69 Å². The van der Waals surface area contributed by atoms with Crippen molar-refractivity contribution in [3.8, 4) is 17.2 Å². The summed E-state index contributed by atoms with van der Waals surface area (Å²) in [6.07, 6.45) is 3.24. The highest BCUT2D eigenvalue weighted by atomic mass is 16.6. The van der Waals surface area contributed by atoms with Crippen LogP contribution in [0.5, 0.6) is 11.5 Å². The van der Waals surface area contributed by atoms with E-state index in [-0.39, 0.29) is 5.56 Å². The van der Waals surface area contributed by atoms with Crippen molar-refractivity contribution >= 4 is 5.82 Å². The van der Waals surface area contributed by atoms with E-state index >= 15 is 0 Å². The Morgan fingerprint density at radius 3 is 2.68 bits per heavy atom. The van der Waals surface area contributed by atoms with E-state index in [1.807, 2.05) is 42.5 Å². The van der Waals surface area contributed by atoms with Gasteiger partial charge in [-0.2, -0.15) is 0 Å². The first-order valence-electron chi connectivity index (χ1n) is 8.07. The molecule has 0 aliphatic carbocycles. The number of nitrogens with one attached hydrogen (secondary N) is 1. The normalized spacial score (nSPS) is 12.6. The molecule has 0 saturated carbocycles. The van der Waals surface area contributed by atoms with Gasteiger partial charge in [-0.15, -0.1) is 0 Å². The minimum absolute atomic E-state index is 0.213. The average molecular weight is 335 g/mol. The maximum absolute atomic E-state index is 12.7. The smallest absolute Gasteiger partial charge is 0.297 e. The number of ether oxygens (including phenoxy) is 2. The number of anilines is 1. The fourth-order valence-electron chi connectivity index (χ4n) is 2.70. The van der Waals surface area contributed by atoms with Crippen LogP contribution < -0.4 is 20.3 Å². The maximum atomic E-state index is 12.7. The quantitative estimate of drug-likeness (QED) is 0.794. The molecule has 6 heteroatoms. The lowest BCUT2D eigenvalue weighted by Gasteiger charge is -2.19. The molecule has 0 saturated heterocycles. The van der Waals surface area contributed by atoms with Crippen LogP contribution in [0.4, 0.5) is 5.82 Å². The van der Waals surface area contributed by atoms with Crippen molar-refractivity contribution in [2.75, 3.05) is 18.5 Å². The number of fused-ring (bicyclic) bond motifs is 1. The molecule has 6 nitrogen and oxygen atoms in total. The van der Waals surface area contributed by atoms with Gasteiger partial charge in [0.25, 0.3) is 5.56 Å². The Morgan fingerprint density at radius 1 is 1.04 bits per heavy atom. The average Bonchev–Trinajstić information content (AvgIpc) is 2.68. The first kappa shape index (κ1) is 15.3. The van der Waals surface area contributed by atoms with Gasteiger partial charge >= 0.3 is 0 Å². The second-order valence-corrected chi connectivity index (χ2v) is 5.62. The van der Waals surface area contributed by atoms with E-state index in [0.29, 0.717) is 42.8 Å². The number of hydrogen-bond acceptors (Lipinski definition) is 5. The molecule has 1 N–H and O–H groups in total. The Labute approximate surface area is 144 Å². The molecule has 1 aromatic heterocycles. The Balaban J connectivity index is 1.62. The van der Waals surface area contributed by atoms with Gasteiger partial charge in [0.15, 0.2) is 17.3 Å². The molecule has 0 atom stereocenters. The van der Waals surface area contributed by atoms with Crippen LogP contribution in [0.15, 0.2) is 65.7 Å². The SMILES string of the molecule is O=c1c(NCc2ccccc2)nccn1-c1ccc2c(c1)OCCO2. The molecule has 2 heterocycles. The zero-order valence-electron chi connectivity index (χ0n) is 13.5. The molecule has 3 aromatic rings. The predicted molar refractivity (Wildman–Crippen MR) is 94.6 cm³/mol. The summed E-state index contributed by atoms with van der Waals surface area (Å²) >= 11 is 0. The molecular weight excluding hydrogens is 318 g/mol. The molecule has 25 heavy (non-hydrogen) atoms. The molecule has 4 rings (SSSR count). The highest BCUT2D eigenvalue weighted by Gasteiger charge is 2.14. The molecule has 126 valence electrons. The summed E-state index contributed by atoms with van der Waals surface area (Å²) in [6, 6.07) is 15.3. The van der Waals surface area contributed by atoms with Gasteiger partial charge in [0.2, 0.25) is 0 Å². The molecule has 2 aromatic carbocycles. The van der Waals surface area contributed by atoms with E-state index < -0.39 is 0 Å². The van der Waals surface area contributed by atoms with Crippen molar-refractivity contribution in [2.45, 2.75) is 6.54 Å². The number of rotatable bonds is 4. The Hall–Kier alpha value is -3.28. The summed E-state index contributed by atoms with van der Waals surface area (Å²) in [5.41, 5.74) is 1.58. The van der Waals surface area contributed by atoms with E-state index in [1.165, 1.54) is 0 Å². The molecule has 0 fully saturated rings. The molecule has 1 aliphatic rings. The summed E-state index contributed by atoms with van der Waals surface area (Å²) in [7, 11) is 0. The lowest BCUT2D eigenvalue weighted by atomic mass is 10.2. The zero-order chi connectivity index (χ0) is 17.1. The van der Waals surface area contributed by atoms with Gasteiger partial charge in [0.1, 0.15) is 13.2 Å². The van der Waals surface area contributed by atoms with Gasteiger partial charge < -0.3 is 14.8 Å². The van der Waals surface area contributed by atoms with Crippen LogP contribution in [0.2, 0.25) is 0 Å². The summed E-state index contributed by atoms with van der Waals surface area (Å²) in [4.78, 5) is 16.9. The lowest BCUT2D eigenvalue weighted by molar-refractivity contribution is 0.171. The topological polar surface area (TPSA) is 65.4 Å². The van der Waals surface area contributed by atoms with Crippen LogP contribution in [0.3, 0.4) is 0 Å². The fourth-order valence-corrected chi connectivity index (χ4v) is 2.70. The monoisotopic (exact) mass is 335 g/mol. The van der Waals surface area contributed by atoms with Crippen molar-refractivity contribution in [1.82, 2.24) is 9.55 Å². The highest BCUT2D eigenvalue weighted by molar-refractivity contribution is 5.50. The van der Waals surface area contributed by atoms with E-state index in [4.69, 9.17) is 9.47 Å². The molecule has 0 unspecified atom stereocenters. The van der Waals surface area contributed by atoms with E-state index in [1.54, 1.807) is 23.0 Å². The molecule has 0 radical (unpaired) electrons. The van der Waals surface area contributed by atoms with Crippen LogP contribution in [-0.2, 0) is 6.54 Å². The van der Waals surface area contributed by atoms with Crippen LogP contribution in [0.1, 0.15) is 5.56 Å². The van der Waals surface area contributed by atoms with Gasteiger partial charge in [0.05, 0.1) is 5.69 Å². The molecule has 0 bridgehead atoms. The number of hydrogen-bond donors (Lipinski definition) is 1. The molecule has 0 spiro atoms. The van der Waals surface area contributed by atoms with Gasteiger partial charge in [-0.25, -0.2) is 4.98 Å². The summed E-state index contributed by atoms with van der Waals surface area (Å²) in [5, 5.41) is 3.10. The molecule has 0 amide bonds. The summed E-state index contributed by atoms with van der Waals surface area (Å²) in [5.74, 6) is 1.65. The number of nitrogens with zero attached hydrogens (tertiary/aromatic N) is 2. The Morgan fingerprint density at radius 2 is 1.84 bits per heavy atom. The van der Waals surface area contributed by atoms with Crippen LogP contribution in [0, 0.1) is 0 Å². The molecular formula is C19H17N3O3. The van der Waals surface area contributed by atoms with Crippen molar-refractivity contribution in [3.63, 3.8) is 0 Å². The van der Waals surface area contributed by atoms with Gasteiger partial charge in [-0.1, -0.05) is 30.3 Å². The second kappa shape index (κ2) is 6.68. The fraction of sp³-hybridized carbons (Fsp3) is 0.158. The van der Waals surface area contributed by atoms with E-state index in [2.05, 4.69) is 10.3 Å². The number of aromatic nitrogens is 2. The van der Waals surface area contributed by atoms with Gasteiger partial charge in [-0.05, 0) is 17.7 Å². The number of benzene rings is 2. The minimum atomic E-state index is -0.213. The van der Waals surface area contributed by atoms with Gasteiger partial charge in [0, 0.05) is 25.0 Å². The Kier molecular flexibility index (Phi) is 4.08. The Bertz CT molecular complexity index is 938. The van der Waals surface area contributed by atoms with Crippen LogP contribution in [-0.4, -0.2) is 22.8 Å². The third-order valence-electron chi connectivity index (χ3n) is 3.95. The summed E-state index contributed by atoms with van der Waals surface area (Å²) in [6.45, 7) is 1.58. The minimum Gasteiger partial charge on any atom is -0.486 e. The first-order chi connectivity index (χ1) is 12.3. The van der Waals surface area contributed by atoms with Gasteiger partial charge in [-0.3, -0.25) is 9.36 Å². The van der Waals surface area contributed by atoms with Crippen molar-refractivity contribution in [1.29, 1.82) is 0 Å². The highest BCUT2D eigenvalue weighted by Crippen LogP contribution is 2.31. The van der Waals surface area contributed by atoms with E-state index in [0.717, 1.165) is 5.56 Å². The van der Waals surface area contributed by atoms with Crippen molar-refractivity contribution < 1.29 is 9.47 Å². The largest absolute Gasteiger partial charge is 0.486 e. The second-order valence-electron chi connectivity index (χ2n) is 5.62. The summed E-state index contributed by atoms with van der Waals surface area (Å²) < 4.78 is 12.6.